The van der Waals surface area contributed by atoms with Crippen LogP contribution in [-0.2, 0) is 10.0 Å². The summed E-state index contributed by atoms with van der Waals surface area (Å²) < 4.78 is 27.7. The van der Waals surface area contributed by atoms with Gasteiger partial charge in [0.25, 0.3) is 15.9 Å². The highest BCUT2D eigenvalue weighted by Gasteiger charge is 2.24. The Bertz CT molecular complexity index is 1130. The molecule has 0 aromatic heterocycles. The molecule has 0 spiro atoms. The minimum Gasteiger partial charge on any atom is -0.322 e. The number of halogens is 1. The molecule has 3 aromatic carbocycles. The highest BCUT2D eigenvalue weighted by molar-refractivity contribution is 7.92. The summed E-state index contributed by atoms with van der Waals surface area (Å²) in [5.41, 5.74) is 2.14. The molecule has 0 atom stereocenters. The third-order valence-corrected chi connectivity index (χ3v) is 6.84. The number of sulfonamides is 1. The number of nitrogens with one attached hydrogen (secondary N) is 1. The Kier molecular flexibility index (Phi) is 6.25. The van der Waals surface area contributed by atoms with Crippen molar-refractivity contribution in [3.8, 4) is 0 Å². The third-order valence-electron chi connectivity index (χ3n) is 4.53. The van der Waals surface area contributed by atoms with Gasteiger partial charge in [0.2, 0.25) is 0 Å². The van der Waals surface area contributed by atoms with Gasteiger partial charge in [-0.05, 0) is 61.9 Å². The van der Waals surface area contributed by atoms with Crippen LogP contribution in [0.1, 0.15) is 22.8 Å². The molecule has 1 N–H and O–H groups in total. The van der Waals surface area contributed by atoms with Gasteiger partial charge >= 0.3 is 0 Å². The molecule has 0 aliphatic carbocycles. The highest BCUT2D eigenvalue weighted by atomic mass is 35.5. The van der Waals surface area contributed by atoms with E-state index in [-0.39, 0.29) is 17.0 Å². The number of benzene rings is 3. The standard InChI is InChI=1S/C22H21ClN2O3S/c1-3-25(18-10-5-4-6-11-18)29(27,28)19-12-7-9-17(15-19)22(26)24-21-14-8-13-20(23)16(21)2/h4-15H,3H2,1-2H3,(H,24,26). The number of rotatable bonds is 6. The number of amides is 1. The van der Waals surface area contributed by atoms with Gasteiger partial charge in [0.15, 0.2) is 0 Å². The maximum atomic E-state index is 13.2. The number of carbonyl (C=O) groups is 1. The monoisotopic (exact) mass is 428 g/mol. The zero-order chi connectivity index (χ0) is 21.0. The van der Waals surface area contributed by atoms with Crippen molar-refractivity contribution in [2.45, 2.75) is 18.7 Å². The average molecular weight is 429 g/mol. The molecule has 3 aromatic rings. The first-order chi connectivity index (χ1) is 13.8. The Balaban J connectivity index is 1.92. The summed E-state index contributed by atoms with van der Waals surface area (Å²) in [5, 5.41) is 3.33. The lowest BCUT2D eigenvalue weighted by Gasteiger charge is -2.23. The van der Waals surface area contributed by atoms with Crippen LogP contribution in [0.3, 0.4) is 0 Å². The fraction of sp³-hybridized carbons (Fsp3) is 0.136. The van der Waals surface area contributed by atoms with Gasteiger partial charge in [-0.3, -0.25) is 9.10 Å². The summed E-state index contributed by atoms with van der Waals surface area (Å²) in [6, 6.07) is 20.1. The maximum absolute atomic E-state index is 13.2. The van der Waals surface area contributed by atoms with Crippen molar-refractivity contribution < 1.29 is 13.2 Å². The second-order valence-corrected chi connectivity index (χ2v) is 8.67. The van der Waals surface area contributed by atoms with Gasteiger partial charge in [0.1, 0.15) is 0 Å². The van der Waals surface area contributed by atoms with Crippen LogP contribution in [0.25, 0.3) is 0 Å². The molecule has 0 saturated heterocycles. The number of anilines is 2. The van der Waals surface area contributed by atoms with Crippen molar-refractivity contribution in [1.82, 2.24) is 0 Å². The number of hydrogen-bond acceptors (Lipinski definition) is 3. The van der Waals surface area contributed by atoms with Crippen molar-refractivity contribution >= 4 is 38.9 Å². The second kappa shape index (κ2) is 8.68. The van der Waals surface area contributed by atoms with E-state index in [2.05, 4.69) is 5.32 Å². The van der Waals surface area contributed by atoms with Crippen LogP contribution in [-0.4, -0.2) is 20.9 Å². The van der Waals surface area contributed by atoms with Gasteiger partial charge in [-0.1, -0.05) is 41.9 Å². The maximum Gasteiger partial charge on any atom is 0.264 e. The molecule has 1 amide bonds. The van der Waals surface area contributed by atoms with Crippen molar-refractivity contribution in [3.63, 3.8) is 0 Å². The number of hydrogen-bond donors (Lipinski definition) is 1. The van der Waals surface area contributed by atoms with E-state index in [1.54, 1.807) is 68.4 Å². The van der Waals surface area contributed by atoms with Crippen LogP contribution in [0.5, 0.6) is 0 Å². The van der Waals surface area contributed by atoms with Crippen LogP contribution >= 0.6 is 11.6 Å². The minimum atomic E-state index is -3.82. The lowest BCUT2D eigenvalue weighted by molar-refractivity contribution is 0.102. The first kappa shape index (κ1) is 20.9. The number of para-hydroxylation sites is 1. The zero-order valence-electron chi connectivity index (χ0n) is 16.1. The van der Waals surface area contributed by atoms with Crippen molar-refractivity contribution in [2.75, 3.05) is 16.2 Å². The topological polar surface area (TPSA) is 66.5 Å². The Morgan fingerprint density at radius 3 is 2.38 bits per heavy atom. The molecule has 3 rings (SSSR count). The van der Waals surface area contributed by atoms with Crippen LogP contribution in [0, 0.1) is 6.92 Å². The molecule has 29 heavy (non-hydrogen) atoms. The molecule has 0 radical (unpaired) electrons. The zero-order valence-corrected chi connectivity index (χ0v) is 17.7. The van der Waals surface area contributed by atoms with Crippen LogP contribution in [0.2, 0.25) is 5.02 Å². The molecule has 150 valence electrons. The molecule has 0 heterocycles. The van der Waals surface area contributed by atoms with Gasteiger partial charge in [-0.2, -0.15) is 0 Å². The second-order valence-electron chi connectivity index (χ2n) is 6.40. The van der Waals surface area contributed by atoms with Gasteiger partial charge in [0.05, 0.1) is 10.6 Å². The quantitative estimate of drug-likeness (QED) is 0.592. The third kappa shape index (κ3) is 4.44. The fourth-order valence-corrected chi connectivity index (χ4v) is 4.64. The molecule has 5 nitrogen and oxygen atoms in total. The molecule has 0 aliphatic heterocycles. The Morgan fingerprint density at radius 2 is 1.69 bits per heavy atom. The summed E-state index contributed by atoms with van der Waals surface area (Å²) in [6.07, 6.45) is 0. The van der Waals surface area contributed by atoms with Crippen molar-refractivity contribution in [3.05, 3.63) is 88.9 Å². The molecule has 0 aliphatic rings. The van der Waals surface area contributed by atoms with E-state index in [9.17, 15) is 13.2 Å². The largest absolute Gasteiger partial charge is 0.322 e. The summed E-state index contributed by atoms with van der Waals surface area (Å²) >= 11 is 6.10. The van der Waals surface area contributed by atoms with E-state index in [4.69, 9.17) is 11.6 Å². The van der Waals surface area contributed by atoms with Crippen LogP contribution in [0.4, 0.5) is 11.4 Å². The van der Waals surface area contributed by atoms with E-state index in [0.717, 1.165) is 5.56 Å². The molecular formula is C22H21ClN2O3S. The molecule has 0 unspecified atom stereocenters. The van der Waals surface area contributed by atoms with E-state index >= 15 is 0 Å². The Morgan fingerprint density at radius 1 is 1.00 bits per heavy atom. The smallest absolute Gasteiger partial charge is 0.264 e. The molecule has 0 fully saturated rings. The van der Waals surface area contributed by atoms with Crippen LogP contribution < -0.4 is 9.62 Å². The summed E-state index contributed by atoms with van der Waals surface area (Å²) in [7, 11) is -3.82. The SMILES string of the molecule is CCN(c1ccccc1)S(=O)(=O)c1cccc(C(=O)Nc2cccc(Cl)c2C)c1. The van der Waals surface area contributed by atoms with Gasteiger partial charge in [-0.15, -0.1) is 0 Å². The lowest BCUT2D eigenvalue weighted by Crippen LogP contribution is -2.31. The average Bonchev–Trinajstić information content (AvgIpc) is 2.72. The Hall–Kier alpha value is -2.83. The van der Waals surface area contributed by atoms with E-state index < -0.39 is 15.9 Å². The summed E-state index contributed by atoms with van der Waals surface area (Å²) in [4.78, 5) is 12.8. The minimum absolute atomic E-state index is 0.0543. The highest BCUT2D eigenvalue weighted by Crippen LogP contribution is 2.26. The normalized spacial score (nSPS) is 11.1. The first-order valence-corrected chi connectivity index (χ1v) is 10.9. The molecular weight excluding hydrogens is 408 g/mol. The predicted molar refractivity (Wildman–Crippen MR) is 117 cm³/mol. The van der Waals surface area contributed by atoms with E-state index in [1.165, 1.54) is 16.4 Å². The molecule has 0 saturated carbocycles. The van der Waals surface area contributed by atoms with Crippen molar-refractivity contribution in [2.24, 2.45) is 0 Å². The Labute approximate surface area is 176 Å². The fourth-order valence-electron chi connectivity index (χ4n) is 2.95. The van der Waals surface area contributed by atoms with E-state index in [0.29, 0.717) is 16.4 Å². The number of carbonyl (C=O) groups excluding carboxylic acids is 1. The van der Waals surface area contributed by atoms with Crippen molar-refractivity contribution in [1.29, 1.82) is 0 Å². The van der Waals surface area contributed by atoms with Gasteiger partial charge < -0.3 is 5.32 Å². The van der Waals surface area contributed by atoms with Gasteiger partial charge in [0, 0.05) is 22.8 Å². The van der Waals surface area contributed by atoms with E-state index in [1.807, 2.05) is 6.07 Å². The molecule has 7 heteroatoms. The molecule has 0 bridgehead atoms. The summed E-state index contributed by atoms with van der Waals surface area (Å²) in [6.45, 7) is 3.84. The summed E-state index contributed by atoms with van der Waals surface area (Å²) in [5.74, 6) is -0.407. The first-order valence-electron chi connectivity index (χ1n) is 9.09. The van der Waals surface area contributed by atoms with Gasteiger partial charge in [-0.25, -0.2) is 8.42 Å². The lowest BCUT2D eigenvalue weighted by atomic mass is 10.1. The number of nitrogens with zero attached hydrogens (tertiary/aromatic N) is 1. The predicted octanol–water partition coefficient (Wildman–Crippen LogP) is 5.12. The van der Waals surface area contributed by atoms with Crippen LogP contribution in [0.15, 0.2) is 77.7 Å².